The molecule has 7 heteroatoms. The second kappa shape index (κ2) is 5.72. The number of likely N-dealkylation sites (N-methyl/N-ethyl adjacent to an activating group) is 1. The fourth-order valence-corrected chi connectivity index (χ4v) is 1.60. The maximum Gasteiger partial charge on any atom is 0.400 e. The van der Waals surface area contributed by atoms with Crippen molar-refractivity contribution in [3.63, 3.8) is 0 Å². The van der Waals surface area contributed by atoms with Gasteiger partial charge in [0.25, 0.3) is 0 Å². The predicted molar refractivity (Wildman–Crippen MR) is 56.5 cm³/mol. The molecule has 1 heterocycles. The lowest BCUT2D eigenvalue weighted by Gasteiger charge is -2.27. The Morgan fingerprint density at radius 3 is 2.44 bits per heavy atom. The highest BCUT2D eigenvalue weighted by Crippen LogP contribution is 2.27. The smallest absolute Gasteiger partial charge is 0.341 e. The number of halogens is 4. The molecule has 1 saturated heterocycles. The molecule has 3 nitrogen and oxygen atoms in total. The Bertz CT molecular complexity index is 241. The summed E-state index contributed by atoms with van der Waals surface area (Å²) < 4.78 is 36.9. The normalized spacial score (nSPS) is 22.4. The zero-order valence-corrected chi connectivity index (χ0v) is 9.99. The van der Waals surface area contributed by atoms with Crippen molar-refractivity contribution in [3.8, 4) is 0 Å². The molecule has 1 rings (SSSR count). The number of hydrogen-bond acceptors (Lipinski definition) is 2. The zero-order valence-electron chi connectivity index (χ0n) is 9.17. The molecule has 0 aliphatic carbocycles. The highest BCUT2D eigenvalue weighted by molar-refractivity contribution is 5.85. The van der Waals surface area contributed by atoms with Gasteiger partial charge < -0.3 is 10.2 Å². The summed E-state index contributed by atoms with van der Waals surface area (Å²) in [6.45, 7) is 2.23. The minimum absolute atomic E-state index is 0. The summed E-state index contributed by atoms with van der Waals surface area (Å²) >= 11 is 0. The lowest BCUT2D eigenvalue weighted by atomic mass is 10.1. The largest absolute Gasteiger partial charge is 0.400 e. The van der Waals surface area contributed by atoms with E-state index in [0.717, 1.165) is 13.5 Å². The highest BCUT2D eigenvalue weighted by atomic mass is 35.5. The van der Waals surface area contributed by atoms with Crippen LogP contribution in [0.25, 0.3) is 0 Å². The number of nitrogens with zero attached hydrogens (tertiary/aromatic N) is 1. The Balaban J connectivity index is 0.00000225. The molecule has 0 saturated carbocycles. The van der Waals surface area contributed by atoms with Gasteiger partial charge in [-0.15, -0.1) is 12.4 Å². The predicted octanol–water partition coefficient (Wildman–Crippen LogP) is 1.43. The molecule has 0 spiro atoms. The van der Waals surface area contributed by atoms with Crippen molar-refractivity contribution >= 4 is 18.3 Å². The van der Waals surface area contributed by atoms with Gasteiger partial charge in [-0.25, -0.2) is 0 Å². The lowest BCUT2D eigenvalue weighted by Crippen LogP contribution is -2.44. The molecule has 1 fully saturated rings. The average molecular weight is 261 g/mol. The van der Waals surface area contributed by atoms with Crippen LogP contribution in [0.3, 0.4) is 0 Å². The third kappa shape index (κ3) is 3.52. The molecule has 0 aromatic rings. The van der Waals surface area contributed by atoms with Gasteiger partial charge in [-0.3, -0.25) is 4.79 Å². The third-order valence-corrected chi connectivity index (χ3v) is 2.79. The SMILES string of the molecule is CC(C(=O)N(C)C1CCNC1)C(F)(F)F.Cl. The molecular weight excluding hydrogens is 245 g/mol. The van der Waals surface area contributed by atoms with Crippen LogP contribution >= 0.6 is 12.4 Å². The first-order valence-electron chi connectivity index (χ1n) is 4.88. The monoisotopic (exact) mass is 260 g/mol. The van der Waals surface area contributed by atoms with E-state index in [1.807, 2.05) is 0 Å². The van der Waals surface area contributed by atoms with E-state index in [1.54, 1.807) is 0 Å². The van der Waals surface area contributed by atoms with Crippen LogP contribution in [-0.2, 0) is 4.79 Å². The van der Waals surface area contributed by atoms with Crippen molar-refractivity contribution in [2.75, 3.05) is 20.1 Å². The minimum Gasteiger partial charge on any atom is -0.341 e. The maximum atomic E-state index is 12.3. The van der Waals surface area contributed by atoms with Crippen LogP contribution in [0.2, 0.25) is 0 Å². The Labute approximate surface area is 98.8 Å². The molecular formula is C9H16ClF3N2O. The third-order valence-electron chi connectivity index (χ3n) is 2.79. The molecule has 1 N–H and O–H groups in total. The van der Waals surface area contributed by atoms with Crippen LogP contribution < -0.4 is 5.32 Å². The van der Waals surface area contributed by atoms with Crippen molar-refractivity contribution < 1.29 is 18.0 Å². The maximum absolute atomic E-state index is 12.3. The molecule has 0 radical (unpaired) electrons. The van der Waals surface area contributed by atoms with Gasteiger partial charge in [0.1, 0.15) is 5.92 Å². The number of carbonyl (C=O) groups is 1. The molecule has 2 unspecified atom stereocenters. The van der Waals surface area contributed by atoms with E-state index < -0.39 is 18.0 Å². The number of amides is 1. The molecule has 0 aromatic heterocycles. The van der Waals surface area contributed by atoms with E-state index >= 15 is 0 Å². The quantitative estimate of drug-likeness (QED) is 0.815. The van der Waals surface area contributed by atoms with Crippen molar-refractivity contribution in [2.45, 2.75) is 25.6 Å². The van der Waals surface area contributed by atoms with Gasteiger partial charge in [0, 0.05) is 19.6 Å². The van der Waals surface area contributed by atoms with E-state index in [-0.39, 0.29) is 18.4 Å². The van der Waals surface area contributed by atoms with Gasteiger partial charge >= 0.3 is 6.18 Å². The van der Waals surface area contributed by atoms with E-state index in [0.29, 0.717) is 13.0 Å². The molecule has 1 aliphatic heterocycles. The van der Waals surface area contributed by atoms with Crippen LogP contribution in [0.15, 0.2) is 0 Å². The number of nitrogens with one attached hydrogen (secondary N) is 1. The first kappa shape index (κ1) is 15.5. The summed E-state index contributed by atoms with van der Waals surface area (Å²) in [5, 5.41) is 3.01. The summed E-state index contributed by atoms with van der Waals surface area (Å²) in [5.41, 5.74) is 0. The van der Waals surface area contributed by atoms with E-state index in [2.05, 4.69) is 5.32 Å². The number of rotatable bonds is 2. The van der Waals surface area contributed by atoms with Gasteiger partial charge in [0.2, 0.25) is 5.91 Å². The van der Waals surface area contributed by atoms with Crippen molar-refractivity contribution in [3.05, 3.63) is 0 Å². The van der Waals surface area contributed by atoms with Gasteiger partial charge in [-0.05, 0) is 19.9 Å². The standard InChI is InChI=1S/C9H15F3N2O.ClH/c1-6(9(10,11)12)8(15)14(2)7-3-4-13-5-7;/h6-7,13H,3-5H2,1-2H3;1H. The summed E-state index contributed by atoms with van der Waals surface area (Å²) in [6, 6.07) is -0.109. The molecule has 16 heavy (non-hydrogen) atoms. The van der Waals surface area contributed by atoms with Gasteiger partial charge in [0.15, 0.2) is 0 Å². The van der Waals surface area contributed by atoms with Crippen LogP contribution in [0.4, 0.5) is 13.2 Å². The van der Waals surface area contributed by atoms with Crippen molar-refractivity contribution in [1.29, 1.82) is 0 Å². The van der Waals surface area contributed by atoms with Crippen LogP contribution in [0.1, 0.15) is 13.3 Å². The second-order valence-electron chi connectivity index (χ2n) is 3.86. The minimum atomic E-state index is -4.45. The molecule has 0 bridgehead atoms. The Kier molecular flexibility index (Phi) is 5.55. The van der Waals surface area contributed by atoms with Crippen LogP contribution in [-0.4, -0.2) is 43.2 Å². The molecule has 96 valence electrons. The fourth-order valence-electron chi connectivity index (χ4n) is 1.60. The van der Waals surface area contributed by atoms with Crippen LogP contribution in [0.5, 0.6) is 0 Å². The van der Waals surface area contributed by atoms with Gasteiger partial charge in [0.05, 0.1) is 0 Å². The van der Waals surface area contributed by atoms with Crippen molar-refractivity contribution in [1.82, 2.24) is 10.2 Å². The molecule has 1 amide bonds. The van der Waals surface area contributed by atoms with E-state index in [1.165, 1.54) is 11.9 Å². The van der Waals surface area contributed by atoms with Crippen LogP contribution in [0, 0.1) is 5.92 Å². The van der Waals surface area contributed by atoms with Gasteiger partial charge in [-0.1, -0.05) is 0 Å². The Morgan fingerprint density at radius 1 is 1.50 bits per heavy atom. The Hall–Kier alpha value is -0.490. The first-order valence-corrected chi connectivity index (χ1v) is 4.88. The highest BCUT2D eigenvalue weighted by Gasteiger charge is 2.43. The summed E-state index contributed by atoms with van der Waals surface area (Å²) in [5.74, 6) is -2.76. The Morgan fingerprint density at radius 2 is 2.06 bits per heavy atom. The average Bonchev–Trinajstić information content (AvgIpc) is 2.65. The van der Waals surface area contributed by atoms with Crippen molar-refractivity contribution in [2.24, 2.45) is 5.92 Å². The second-order valence-corrected chi connectivity index (χ2v) is 3.86. The molecule has 0 aromatic carbocycles. The molecule has 2 atom stereocenters. The number of carbonyl (C=O) groups excluding carboxylic acids is 1. The summed E-state index contributed by atoms with van der Waals surface area (Å²) in [4.78, 5) is 12.7. The molecule has 1 aliphatic rings. The number of alkyl halides is 3. The van der Waals surface area contributed by atoms with E-state index in [4.69, 9.17) is 0 Å². The first-order chi connectivity index (χ1) is 6.84. The van der Waals surface area contributed by atoms with Gasteiger partial charge in [-0.2, -0.15) is 13.2 Å². The lowest BCUT2D eigenvalue weighted by molar-refractivity contribution is -0.185. The fraction of sp³-hybridized carbons (Fsp3) is 0.889. The zero-order chi connectivity index (χ0) is 11.6. The van der Waals surface area contributed by atoms with E-state index in [9.17, 15) is 18.0 Å². The summed E-state index contributed by atoms with van der Waals surface area (Å²) in [7, 11) is 1.43. The topological polar surface area (TPSA) is 32.3 Å². The summed E-state index contributed by atoms with van der Waals surface area (Å²) in [6.07, 6.45) is -3.73. The number of hydrogen-bond donors (Lipinski definition) is 1.